The van der Waals surface area contributed by atoms with Crippen molar-refractivity contribution in [2.24, 2.45) is 0 Å². The average molecular weight is 215 g/mol. The molecule has 0 bridgehead atoms. The molecule has 2 amide bonds. The molecule has 1 atom stereocenters. The Labute approximate surface area is 91.4 Å². The molecular formula is C10H21N3O2. The van der Waals surface area contributed by atoms with E-state index < -0.39 is 0 Å². The molecule has 1 aliphatic rings. The molecule has 1 N–H and O–H groups in total. The van der Waals surface area contributed by atoms with Gasteiger partial charge in [0.1, 0.15) is 0 Å². The van der Waals surface area contributed by atoms with Crippen LogP contribution in [0.25, 0.3) is 0 Å². The Bertz CT molecular complexity index is 203. The Kier molecular flexibility index (Phi) is 4.84. The highest BCUT2D eigenvalue weighted by Crippen LogP contribution is 1.98. The first kappa shape index (κ1) is 12.3. The molecule has 15 heavy (non-hydrogen) atoms. The van der Waals surface area contributed by atoms with Gasteiger partial charge in [-0.25, -0.2) is 4.79 Å². The third-order valence-corrected chi connectivity index (χ3v) is 2.41. The fourth-order valence-electron chi connectivity index (χ4n) is 1.56. The smallest absolute Gasteiger partial charge is 0.317 e. The van der Waals surface area contributed by atoms with Gasteiger partial charge in [0.25, 0.3) is 0 Å². The lowest BCUT2D eigenvalue weighted by Crippen LogP contribution is -2.48. The quantitative estimate of drug-likeness (QED) is 0.719. The van der Waals surface area contributed by atoms with E-state index in [0.29, 0.717) is 0 Å². The lowest BCUT2D eigenvalue weighted by Gasteiger charge is -2.29. The normalized spacial score (nSPS) is 19.7. The van der Waals surface area contributed by atoms with Gasteiger partial charge in [-0.1, -0.05) is 0 Å². The van der Waals surface area contributed by atoms with Crippen LogP contribution >= 0.6 is 0 Å². The summed E-state index contributed by atoms with van der Waals surface area (Å²) in [7, 11) is 3.49. The molecule has 0 aromatic rings. The number of hydrogen-bond donors (Lipinski definition) is 1. The lowest BCUT2D eigenvalue weighted by molar-refractivity contribution is 0.0347. The number of hydrogen-bond acceptors (Lipinski definition) is 3. The number of urea groups is 1. The minimum Gasteiger partial charge on any atom is -0.379 e. The molecule has 5 nitrogen and oxygen atoms in total. The molecule has 88 valence electrons. The van der Waals surface area contributed by atoms with Crippen LogP contribution in [0.2, 0.25) is 0 Å². The molecule has 1 heterocycles. The molecule has 5 heteroatoms. The first-order valence-electron chi connectivity index (χ1n) is 5.37. The van der Waals surface area contributed by atoms with Crippen LogP contribution in [0, 0.1) is 0 Å². The zero-order chi connectivity index (χ0) is 11.3. The Balaban J connectivity index is 2.22. The second-order valence-electron chi connectivity index (χ2n) is 4.16. The summed E-state index contributed by atoms with van der Waals surface area (Å²) in [6.07, 6.45) is 0. The van der Waals surface area contributed by atoms with Gasteiger partial charge in [0.15, 0.2) is 0 Å². The van der Waals surface area contributed by atoms with Gasteiger partial charge in [-0.05, 0) is 6.92 Å². The SMILES string of the molecule is CC(CN1CCOCC1)NC(=O)N(C)C. The summed E-state index contributed by atoms with van der Waals surface area (Å²) in [5.41, 5.74) is 0. The highest BCUT2D eigenvalue weighted by Gasteiger charge is 2.15. The number of nitrogens with zero attached hydrogens (tertiary/aromatic N) is 2. The van der Waals surface area contributed by atoms with Gasteiger partial charge in [-0.3, -0.25) is 4.90 Å². The van der Waals surface area contributed by atoms with Crippen LogP contribution in [0.4, 0.5) is 4.79 Å². The van der Waals surface area contributed by atoms with Crippen molar-refractivity contribution in [3.05, 3.63) is 0 Å². The Morgan fingerprint density at radius 1 is 1.47 bits per heavy atom. The van der Waals surface area contributed by atoms with E-state index in [2.05, 4.69) is 10.2 Å². The molecule has 0 radical (unpaired) electrons. The minimum atomic E-state index is -0.0317. The van der Waals surface area contributed by atoms with E-state index in [0.717, 1.165) is 32.8 Å². The number of rotatable bonds is 3. The second kappa shape index (κ2) is 5.92. The van der Waals surface area contributed by atoms with Gasteiger partial charge in [0, 0.05) is 39.8 Å². The zero-order valence-corrected chi connectivity index (χ0v) is 9.82. The summed E-state index contributed by atoms with van der Waals surface area (Å²) in [6.45, 7) is 6.44. The van der Waals surface area contributed by atoms with E-state index >= 15 is 0 Å². The van der Waals surface area contributed by atoms with Crippen LogP contribution in [0.5, 0.6) is 0 Å². The predicted octanol–water partition coefficient (Wildman–Crippen LogP) is -0.0217. The van der Waals surface area contributed by atoms with Gasteiger partial charge in [0.2, 0.25) is 0 Å². The van der Waals surface area contributed by atoms with Gasteiger partial charge >= 0.3 is 6.03 Å². The largest absolute Gasteiger partial charge is 0.379 e. The van der Waals surface area contributed by atoms with Crippen molar-refractivity contribution in [2.45, 2.75) is 13.0 Å². The number of nitrogens with one attached hydrogen (secondary N) is 1. The van der Waals surface area contributed by atoms with Gasteiger partial charge < -0.3 is 15.0 Å². The summed E-state index contributed by atoms with van der Waals surface area (Å²) in [4.78, 5) is 15.2. The van der Waals surface area contributed by atoms with Gasteiger partial charge in [0.05, 0.1) is 13.2 Å². The Morgan fingerprint density at radius 2 is 2.07 bits per heavy atom. The van der Waals surface area contributed by atoms with E-state index in [1.807, 2.05) is 6.92 Å². The summed E-state index contributed by atoms with van der Waals surface area (Å²) in [5, 5.41) is 2.93. The number of amides is 2. The van der Waals surface area contributed by atoms with E-state index in [1.165, 1.54) is 0 Å². The van der Waals surface area contributed by atoms with Crippen molar-refractivity contribution in [1.29, 1.82) is 0 Å². The maximum Gasteiger partial charge on any atom is 0.317 e. The molecule has 0 aromatic heterocycles. The Morgan fingerprint density at radius 3 is 2.60 bits per heavy atom. The fraction of sp³-hybridized carbons (Fsp3) is 0.900. The van der Waals surface area contributed by atoms with Crippen LogP contribution < -0.4 is 5.32 Å². The summed E-state index contributed by atoms with van der Waals surface area (Å²) < 4.78 is 5.26. The second-order valence-corrected chi connectivity index (χ2v) is 4.16. The minimum absolute atomic E-state index is 0.0317. The highest BCUT2D eigenvalue weighted by molar-refractivity contribution is 5.73. The van der Waals surface area contributed by atoms with Crippen LogP contribution in [-0.2, 0) is 4.74 Å². The maximum atomic E-state index is 11.4. The zero-order valence-electron chi connectivity index (χ0n) is 9.82. The molecule has 1 fully saturated rings. The third kappa shape index (κ3) is 4.48. The molecule has 0 aromatic carbocycles. The highest BCUT2D eigenvalue weighted by atomic mass is 16.5. The standard InChI is InChI=1S/C10H21N3O2/c1-9(11-10(14)12(2)3)8-13-4-6-15-7-5-13/h9H,4-8H2,1-3H3,(H,11,14). The van der Waals surface area contributed by atoms with Crippen molar-refractivity contribution < 1.29 is 9.53 Å². The van der Waals surface area contributed by atoms with Crippen LogP contribution in [0.1, 0.15) is 6.92 Å². The first-order valence-corrected chi connectivity index (χ1v) is 5.37. The van der Waals surface area contributed by atoms with Crippen LogP contribution in [0.3, 0.4) is 0 Å². The molecule has 0 aliphatic carbocycles. The van der Waals surface area contributed by atoms with Crippen LogP contribution in [-0.4, -0.2) is 68.8 Å². The molecule has 1 saturated heterocycles. The number of carbonyl (C=O) groups is 1. The molecular weight excluding hydrogens is 194 g/mol. The molecule has 1 unspecified atom stereocenters. The van der Waals surface area contributed by atoms with E-state index in [-0.39, 0.29) is 12.1 Å². The van der Waals surface area contributed by atoms with Crippen molar-refractivity contribution in [3.63, 3.8) is 0 Å². The molecule has 1 aliphatic heterocycles. The van der Waals surface area contributed by atoms with Gasteiger partial charge in [-0.15, -0.1) is 0 Å². The first-order chi connectivity index (χ1) is 7.09. The summed E-state index contributed by atoms with van der Waals surface area (Å²) in [5.74, 6) is 0. The summed E-state index contributed by atoms with van der Waals surface area (Å²) >= 11 is 0. The number of morpholine rings is 1. The topological polar surface area (TPSA) is 44.8 Å². The van der Waals surface area contributed by atoms with Gasteiger partial charge in [-0.2, -0.15) is 0 Å². The van der Waals surface area contributed by atoms with Crippen molar-refractivity contribution >= 4 is 6.03 Å². The lowest BCUT2D eigenvalue weighted by atomic mass is 10.3. The summed E-state index contributed by atoms with van der Waals surface area (Å²) in [6, 6.07) is 0.147. The average Bonchev–Trinajstić information content (AvgIpc) is 2.18. The van der Waals surface area contributed by atoms with Crippen molar-refractivity contribution in [1.82, 2.24) is 15.1 Å². The molecule has 0 spiro atoms. The van der Waals surface area contributed by atoms with E-state index in [1.54, 1.807) is 19.0 Å². The van der Waals surface area contributed by atoms with Crippen molar-refractivity contribution in [2.75, 3.05) is 46.9 Å². The van der Waals surface area contributed by atoms with E-state index in [9.17, 15) is 4.79 Å². The molecule has 0 saturated carbocycles. The number of ether oxygens (including phenoxy) is 1. The fourth-order valence-corrected chi connectivity index (χ4v) is 1.56. The predicted molar refractivity (Wildman–Crippen MR) is 58.9 cm³/mol. The van der Waals surface area contributed by atoms with E-state index in [4.69, 9.17) is 4.74 Å². The molecule has 1 rings (SSSR count). The van der Waals surface area contributed by atoms with Crippen molar-refractivity contribution in [3.8, 4) is 0 Å². The number of carbonyl (C=O) groups excluding carboxylic acids is 1. The third-order valence-electron chi connectivity index (χ3n) is 2.41. The van der Waals surface area contributed by atoms with Crippen LogP contribution in [0.15, 0.2) is 0 Å². The Hall–Kier alpha value is -0.810. The maximum absolute atomic E-state index is 11.4. The monoisotopic (exact) mass is 215 g/mol.